The fraction of sp³-hybridized carbons (Fsp3) is 0.500. The van der Waals surface area contributed by atoms with Gasteiger partial charge in [-0.15, -0.1) is 11.3 Å². The second kappa shape index (κ2) is 9.00. The Morgan fingerprint density at radius 1 is 1.26 bits per heavy atom. The van der Waals surface area contributed by atoms with E-state index < -0.39 is 0 Å². The van der Waals surface area contributed by atoms with Crippen LogP contribution in [-0.2, 0) is 6.42 Å². The molecule has 27 heavy (non-hydrogen) atoms. The zero-order chi connectivity index (χ0) is 19.4. The minimum atomic E-state index is 0.0763. The molecule has 3 rings (SSSR count). The van der Waals surface area contributed by atoms with Crippen LogP contribution in [0.25, 0.3) is 6.08 Å². The summed E-state index contributed by atoms with van der Waals surface area (Å²) in [6.07, 6.45) is 5.11. The van der Waals surface area contributed by atoms with Crippen molar-refractivity contribution < 1.29 is 5.11 Å². The van der Waals surface area contributed by atoms with Gasteiger partial charge in [0.05, 0.1) is 24.4 Å². The second-order valence-corrected chi connectivity index (χ2v) is 8.29. The minimum Gasteiger partial charge on any atom is -0.394 e. The molecule has 0 aliphatic carbocycles. The van der Waals surface area contributed by atoms with Crippen molar-refractivity contribution in [1.82, 2.24) is 10.3 Å². The maximum Gasteiger partial charge on any atom is 0.186 e. The number of aliphatic hydroxyl groups is 1. The van der Waals surface area contributed by atoms with Crippen molar-refractivity contribution in [3.05, 3.63) is 52.5 Å². The third-order valence-electron chi connectivity index (χ3n) is 5.27. The number of aliphatic hydroxyl groups excluding tert-OH is 1. The number of nitrogens with one attached hydrogen (secondary N) is 1. The van der Waals surface area contributed by atoms with Crippen molar-refractivity contribution in [2.24, 2.45) is 0 Å². The van der Waals surface area contributed by atoms with E-state index in [2.05, 4.69) is 72.8 Å². The van der Waals surface area contributed by atoms with E-state index in [4.69, 9.17) is 4.98 Å². The molecule has 1 fully saturated rings. The molecule has 146 valence electrons. The molecule has 0 unspecified atom stereocenters. The largest absolute Gasteiger partial charge is 0.394 e. The van der Waals surface area contributed by atoms with Crippen LogP contribution in [-0.4, -0.2) is 41.4 Å². The number of allylic oxidation sites excluding steroid dienone is 1. The topological polar surface area (TPSA) is 48.4 Å². The molecule has 1 aliphatic rings. The first-order valence-electron chi connectivity index (χ1n) is 9.88. The molecule has 2 heterocycles. The van der Waals surface area contributed by atoms with Crippen LogP contribution >= 0.6 is 11.3 Å². The first kappa shape index (κ1) is 20.1. The lowest BCUT2D eigenvalue weighted by Crippen LogP contribution is -2.67. The van der Waals surface area contributed by atoms with E-state index in [1.807, 2.05) is 6.92 Å². The van der Waals surface area contributed by atoms with Crippen molar-refractivity contribution in [3.63, 3.8) is 0 Å². The number of nitrogens with zero attached hydrogens (tertiary/aromatic N) is 2. The Balaban J connectivity index is 1.88. The molecule has 5 heteroatoms. The number of benzene rings is 1. The van der Waals surface area contributed by atoms with Gasteiger partial charge in [-0.1, -0.05) is 57.2 Å². The maximum atomic E-state index is 10.2. The highest BCUT2D eigenvalue weighted by Gasteiger charge is 2.49. The summed E-state index contributed by atoms with van der Waals surface area (Å²) in [5, 5.41) is 16.9. The van der Waals surface area contributed by atoms with Gasteiger partial charge in [0.25, 0.3) is 0 Å². The molecule has 1 saturated heterocycles. The molecule has 1 aromatic carbocycles. The Morgan fingerprint density at radius 3 is 2.56 bits per heavy atom. The molecular weight excluding hydrogens is 354 g/mol. The number of aryl methyl sites for hydroxylation is 1. The van der Waals surface area contributed by atoms with Gasteiger partial charge in [-0.3, -0.25) is 0 Å². The molecule has 0 amide bonds. The molecular formula is C22H31N3OS. The summed E-state index contributed by atoms with van der Waals surface area (Å²) in [5.74, 6) is 0.301. The van der Waals surface area contributed by atoms with Crippen molar-refractivity contribution in [3.8, 4) is 0 Å². The molecule has 3 atom stereocenters. The van der Waals surface area contributed by atoms with Gasteiger partial charge in [-0.2, -0.15) is 0 Å². The van der Waals surface area contributed by atoms with Gasteiger partial charge < -0.3 is 15.3 Å². The van der Waals surface area contributed by atoms with E-state index in [0.717, 1.165) is 23.8 Å². The summed E-state index contributed by atoms with van der Waals surface area (Å²) in [5.41, 5.74) is 3.63. The van der Waals surface area contributed by atoms with Crippen LogP contribution in [0.1, 0.15) is 50.4 Å². The van der Waals surface area contributed by atoms with Gasteiger partial charge in [0.2, 0.25) is 0 Å². The maximum absolute atomic E-state index is 10.2. The van der Waals surface area contributed by atoms with Gasteiger partial charge in [-0.05, 0) is 24.5 Å². The van der Waals surface area contributed by atoms with E-state index in [1.165, 1.54) is 11.1 Å². The van der Waals surface area contributed by atoms with Crippen LogP contribution in [0.3, 0.4) is 0 Å². The van der Waals surface area contributed by atoms with Crippen LogP contribution in [0.15, 0.2) is 35.7 Å². The molecule has 0 saturated carbocycles. The Morgan fingerprint density at radius 2 is 2.00 bits per heavy atom. The molecule has 1 aliphatic heterocycles. The van der Waals surface area contributed by atoms with Crippen LogP contribution in [0.4, 0.5) is 5.13 Å². The lowest BCUT2D eigenvalue weighted by molar-refractivity contribution is 0.166. The highest BCUT2D eigenvalue weighted by atomic mass is 32.1. The standard InChI is InChI=1S/C22H31N3OS/c1-5-7-16-8-10-17(11-9-16)21-19(12-23-15(3)4)25(20(21)13-26)22-24-18(6-2)14-27-22/h5,7-11,14-15,19-21,23,26H,6,12-13H2,1-4H3/t19-,20-,21+/m0/s1. The highest BCUT2D eigenvalue weighted by Crippen LogP contribution is 2.44. The predicted octanol–water partition coefficient (Wildman–Crippen LogP) is 4.07. The smallest absolute Gasteiger partial charge is 0.186 e. The lowest BCUT2D eigenvalue weighted by atomic mass is 9.75. The molecule has 4 nitrogen and oxygen atoms in total. The molecule has 0 radical (unpaired) electrons. The van der Waals surface area contributed by atoms with Crippen LogP contribution in [0, 0.1) is 0 Å². The quantitative estimate of drug-likeness (QED) is 0.719. The lowest BCUT2D eigenvalue weighted by Gasteiger charge is -2.55. The van der Waals surface area contributed by atoms with Crippen molar-refractivity contribution in [2.45, 2.75) is 58.2 Å². The average Bonchev–Trinajstić information content (AvgIpc) is 3.11. The molecule has 2 N–H and O–H groups in total. The third kappa shape index (κ3) is 4.26. The fourth-order valence-corrected chi connectivity index (χ4v) is 4.88. The number of thiazole rings is 1. The Hall–Kier alpha value is -1.69. The number of anilines is 1. The van der Waals surface area contributed by atoms with E-state index in [9.17, 15) is 5.11 Å². The summed E-state index contributed by atoms with van der Waals surface area (Å²) in [6.45, 7) is 9.53. The van der Waals surface area contributed by atoms with Crippen molar-refractivity contribution in [2.75, 3.05) is 18.1 Å². The summed E-state index contributed by atoms with van der Waals surface area (Å²) < 4.78 is 0. The monoisotopic (exact) mass is 385 g/mol. The van der Waals surface area contributed by atoms with Gasteiger partial charge in [0.1, 0.15) is 0 Å². The van der Waals surface area contributed by atoms with E-state index >= 15 is 0 Å². The summed E-state index contributed by atoms with van der Waals surface area (Å²) in [4.78, 5) is 7.11. The van der Waals surface area contributed by atoms with E-state index in [0.29, 0.717) is 18.0 Å². The first-order chi connectivity index (χ1) is 13.1. The van der Waals surface area contributed by atoms with E-state index in [1.54, 1.807) is 11.3 Å². The molecule has 0 bridgehead atoms. The van der Waals surface area contributed by atoms with Crippen molar-refractivity contribution in [1.29, 1.82) is 0 Å². The Kier molecular flexibility index (Phi) is 6.68. The van der Waals surface area contributed by atoms with E-state index in [-0.39, 0.29) is 12.6 Å². The number of rotatable bonds is 8. The SMILES string of the molecule is CC=Cc1ccc([C@H]2[C@H](CO)N(c3nc(CC)cs3)[C@H]2CNC(C)C)cc1. The first-order valence-corrected chi connectivity index (χ1v) is 10.8. The second-order valence-electron chi connectivity index (χ2n) is 7.45. The number of hydrogen-bond donors (Lipinski definition) is 2. The zero-order valence-electron chi connectivity index (χ0n) is 16.7. The molecule has 2 aromatic rings. The fourth-order valence-electron chi connectivity index (χ4n) is 3.86. The summed E-state index contributed by atoms with van der Waals surface area (Å²) >= 11 is 1.69. The zero-order valence-corrected chi connectivity index (χ0v) is 17.5. The van der Waals surface area contributed by atoms with Gasteiger partial charge >= 0.3 is 0 Å². The Labute approximate surface area is 167 Å². The van der Waals surface area contributed by atoms with Gasteiger partial charge in [0, 0.05) is 23.9 Å². The minimum absolute atomic E-state index is 0.0763. The molecule has 1 aromatic heterocycles. The summed E-state index contributed by atoms with van der Waals surface area (Å²) in [7, 11) is 0. The van der Waals surface area contributed by atoms with Crippen LogP contribution in [0.5, 0.6) is 0 Å². The molecule has 0 spiro atoms. The Bertz CT molecular complexity index is 753. The van der Waals surface area contributed by atoms with Gasteiger partial charge in [-0.25, -0.2) is 4.98 Å². The summed E-state index contributed by atoms with van der Waals surface area (Å²) in [6, 6.07) is 9.56. The predicted molar refractivity (Wildman–Crippen MR) is 116 cm³/mol. The van der Waals surface area contributed by atoms with Crippen LogP contribution < -0.4 is 10.2 Å². The number of aromatic nitrogens is 1. The highest BCUT2D eigenvalue weighted by molar-refractivity contribution is 7.13. The number of hydrogen-bond acceptors (Lipinski definition) is 5. The normalized spacial score (nSPS) is 22.6. The van der Waals surface area contributed by atoms with Crippen LogP contribution in [0.2, 0.25) is 0 Å². The van der Waals surface area contributed by atoms with Gasteiger partial charge in [0.15, 0.2) is 5.13 Å². The van der Waals surface area contributed by atoms with Crippen molar-refractivity contribution >= 4 is 22.5 Å². The third-order valence-corrected chi connectivity index (χ3v) is 6.17. The average molecular weight is 386 g/mol.